The summed E-state index contributed by atoms with van der Waals surface area (Å²) in [7, 11) is 1.66. The van der Waals surface area contributed by atoms with E-state index in [1.54, 1.807) is 19.2 Å². The Balaban J connectivity index is 2.37. The molecule has 0 fully saturated rings. The van der Waals surface area contributed by atoms with Gasteiger partial charge in [0, 0.05) is 11.0 Å². The van der Waals surface area contributed by atoms with Crippen LogP contribution in [0.25, 0.3) is 0 Å². The number of methoxy groups -OCH3 is 1. The van der Waals surface area contributed by atoms with Crippen LogP contribution in [0.5, 0.6) is 11.5 Å². The highest BCUT2D eigenvalue weighted by Gasteiger charge is 2.31. The SMILES string of the molecule is COc1ccc(O)c(CC2=C(C)CCC[C@@]2(C)/C=C/C=C(C)C)c1. The molecule has 1 N–H and O–H groups in total. The Morgan fingerprint density at radius 1 is 1.33 bits per heavy atom. The van der Waals surface area contributed by atoms with Crippen LogP contribution < -0.4 is 4.74 Å². The fourth-order valence-electron chi connectivity index (χ4n) is 3.52. The maximum atomic E-state index is 10.3. The number of benzene rings is 1. The molecule has 0 heterocycles. The summed E-state index contributed by atoms with van der Waals surface area (Å²) in [4.78, 5) is 0. The van der Waals surface area contributed by atoms with E-state index in [1.807, 2.05) is 6.07 Å². The molecule has 1 atom stereocenters. The molecule has 24 heavy (non-hydrogen) atoms. The summed E-state index contributed by atoms with van der Waals surface area (Å²) in [5, 5.41) is 10.3. The number of phenolic OH excluding ortho intramolecular Hbond substituents is 1. The van der Waals surface area contributed by atoms with Crippen molar-refractivity contribution >= 4 is 0 Å². The van der Waals surface area contributed by atoms with Crippen LogP contribution in [-0.2, 0) is 6.42 Å². The fraction of sp³-hybridized carbons (Fsp3) is 0.455. The number of phenols is 1. The van der Waals surface area contributed by atoms with E-state index < -0.39 is 0 Å². The lowest BCUT2D eigenvalue weighted by molar-refractivity contribution is 0.401. The average molecular weight is 326 g/mol. The van der Waals surface area contributed by atoms with Crippen molar-refractivity contribution in [3.63, 3.8) is 0 Å². The Morgan fingerprint density at radius 2 is 2.08 bits per heavy atom. The maximum absolute atomic E-state index is 10.3. The minimum absolute atomic E-state index is 0.0454. The lowest BCUT2D eigenvalue weighted by Crippen LogP contribution is -2.23. The zero-order chi connectivity index (χ0) is 17.7. The van der Waals surface area contributed by atoms with Gasteiger partial charge in [0.25, 0.3) is 0 Å². The van der Waals surface area contributed by atoms with E-state index in [2.05, 4.69) is 45.9 Å². The van der Waals surface area contributed by atoms with Gasteiger partial charge in [-0.3, -0.25) is 0 Å². The number of hydrogen-bond donors (Lipinski definition) is 1. The Kier molecular flexibility index (Phi) is 5.93. The highest BCUT2D eigenvalue weighted by atomic mass is 16.5. The third kappa shape index (κ3) is 4.31. The summed E-state index contributed by atoms with van der Waals surface area (Å²) in [6, 6.07) is 5.47. The van der Waals surface area contributed by atoms with Gasteiger partial charge in [-0.1, -0.05) is 41.9 Å². The summed E-state index contributed by atoms with van der Waals surface area (Å²) in [5.41, 5.74) is 5.17. The molecule has 130 valence electrons. The number of ether oxygens (including phenoxy) is 1. The third-order valence-corrected chi connectivity index (χ3v) is 5.00. The zero-order valence-corrected chi connectivity index (χ0v) is 15.6. The molecule has 2 rings (SSSR count). The van der Waals surface area contributed by atoms with Crippen molar-refractivity contribution in [2.45, 2.75) is 53.4 Å². The van der Waals surface area contributed by atoms with E-state index in [0.717, 1.165) is 30.6 Å². The Morgan fingerprint density at radius 3 is 2.75 bits per heavy atom. The van der Waals surface area contributed by atoms with Crippen LogP contribution in [0, 0.1) is 5.41 Å². The summed E-state index contributed by atoms with van der Waals surface area (Å²) < 4.78 is 5.32. The largest absolute Gasteiger partial charge is 0.508 e. The lowest BCUT2D eigenvalue weighted by atomic mass is 9.69. The second kappa shape index (κ2) is 7.74. The molecule has 1 aliphatic carbocycles. The van der Waals surface area contributed by atoms with Crippen LogP contribution in [0.2, 0.25) is 0 Å². The first-order valence-electron chi connectivity index (χ1n) is 8.73. The highest BCUT2D eigenvalue weighted by molar-refractivity contribution is 5.44. The topological polar surface area (TPSA) is 29.5 Å². The van der Waals surface area contributed by atoms with Crippen molar-refractivity contribution in [2.24, 2.45) is 5.41 Å². The summed E-state index contributed by atoms with van der Waals surface area (Å²) in [6.07, 6.45) is 11.0. The molecule has 2 heteroatoms. The van der Waals surface area contributed by atoms with Crippen molar-refractivity contribution in [1.29, 1.82) is 0 Å². The quantitative estimate of drug-likeness (QED) is 0.533. The third-order valence-electron chi connectivity index (χ3n) is 5.00. The number of allylic oxidation sites excluding steroid dienone is 6. The second-order valence-corrected chi connectivity index (χ2v) is 7.30. The minimum Gasteiger partial charge on any atom is -0.508 e. The molecular formula is C22H30O2. The van der Waals surface area contributed by atoms with Crippen molar-refractivity contribution in [1.82, 2.24) is 0 Å². The molecule has 0 aromatic heterocycles. The van der Waals surface area contributed by atoms with Gasteiger partial charge >= 0.3 is 0 Å². The zero-order valence-electron chi connectivity index (χ0n) is 15.6. The molecule has 0 radical (unpaired) electrons. The van der Waals surface area contributed by atoms with E-state index in [-0.39, 0.29) is 5.41 Å². The molecule has 2 nitrogen and oxygen atoms in total. The summed E-state index contributed by atoms with van der Waals surface area (Å²) in [6.45, 7) is 8.78. The van der Waals surface area contributed by atoms with Crippen LogP contribution in [0.4, 0.5) is 0 Å². The van der Waals surface area contributed by atoms with Crippen LogP contribution in [0.15, 0.2) is 53.1 Å². The molecule has 1 aromatic carbocycles. The molecular weight excluding hydrogens is 296 g/mol. The Labute approximate surface area is 146 Å². The average Bonchev–Trinajstić information content (AvgIpc) is 2.52. The van der Waals surface area contributed by atoms with Crippen molar-refractivity contribution < 1.29 is 9.84 Å². The number of aromatic hydroxyl groups is 1. The second-order valence-electron chi connectivity index (χ2n) is 7.30. The van der Waals surface area contributed by atoms with E-state index in [9.17, 15) is 5.11 Å². The molecule has 0 unspecified atom stereocenters. The summed E-state index contributed by atoms with van der Waals surface area (Å²) >= 11 is 0. The van der Waals surface area contributed by atoms with Gasteiger partial charge in [-0.15, -0.1) is 0 Å². The van der Waals surface area contributed by atoms with E-state index in [0.29, 0.717) is 5.75 Å². The molecule has 0 amide bonds. The standard InChI is InChI=1S/C22H30O2/c1-16(2)8-6-12-22(4)13-7-9-17(3)20(22)15-18-14-19(24-5)10-11-21(18)23/h6,8,10-12,14,23H,7,9,13,15H2,1-5H3/b12-6+/t22-/m1/s1. The van der Waals surface area contributed by atoms with Gasteiger partial charge in [-0.25, -0.2) is 0 Å². The van der Waals surface area contributed by atoms with Gasteiger partial charge in [-0.2, -0.15) is 0 Å². The molecule has 1 aromatic rings. The maximum Gasteiger partial charge on any atom is 0.119 e. The first-order chi connectivity index (χ1) is 11.4. The van der Waals surface area contributed by atoms with Crippen molar-refractivity contribution in [3.05, 3.63) is 58.7 Å². The Bertz CT molecular complexity index is 675. The molecule has 0 saturated carbocycles. The van der Waals surface area contributed by atoms with Gasteiger partial charge in [0.2, 0.25) is 0 Å². The first-order valence-corrected chi connectivity index (χ1v) is 8.73. The van der Waals surface area contributed by atoms with Crippen molar-refractivity contribution in [3.8, 4) is 11.5 Å². The van der Waals surface area contributed by atoms with E-state index in [4.69, 9.17) is 4.74 Å². The molecule has 0 bridgehead atoms. The first kappa shape index (κ1) is 18.4. The van der Waals surface area contributed by atoms with Gasteiger partial charge in [0.05, 0.1) is 7.11 Å². The fourth-order valence-corrected chi connectivity index (χ4v) is 3.52. The minimum atomic E-state index is 0.0454. The number of rotatable bonds is 5. The summed E-state index contributed by atoms with van der Waals surface area (Å²) in [5.74, 6) is 1.14. The molecule has 0 saturated heterocycles. The van der Waals surface area contributed by atoms with Gasteiger partial charge < -0.3 is 9.84 Å². The van der Waals surface area contributed by atoms with Gasteiger partial charge in [-0.05, 0) is 64.7 Å². The Hall–Kier alpha value is -1.96. The van der Waals surface area contributed by atoms with Crippen LogP contribution in [0.1, 0.15) is 52.5 Å². The van der Waals surface area contributed by atoms with Crippen molar-refractivity contribution in [2.75, 3.05) is 7.11 Å². The van der Waals surface area contributed by atoms with Crippen LogP contribution >= 0.6 is 0 Å². The van der Waals surface area contributed by atoms with Gasteiger partial charge in [0.15, 0.2) is 0 Å². The van der Waals surface area contributed by atoms with Crippen LogP contribution in [0.3, 0.4) is 0 Å². The predicted octanol–water partition coefficient (Wildman–Crippen LogP) is 5.97. The normalized spacial score (nSPS) is 21.2. The van der Waals surface area contributed by atoms with E-state index in [1.165, 1.54) is 23.1 Å². The van der Waals surface area contributed by atoms with E-state index >= 15 is 0 Å². The highest BCUT2D eigenvalue weighted by Crippen LogP contribution is 2.44. The molecule has 0 spiro atoms. The molecule has 0 aliphatic heterocycles. The predicted molar refractivity (Wildman–Crippen MR) is 102 cm³/mol. The monoisotopic (exact) mass is 326 g/mol. The molecule has 1 aliphatic rings. The van der Waals surface area contributed by atoms with Crippen LogP contribution in [-0.4, -0.2) is 12.2 Å². The number of hydrogen-bond acceptors (Lipinski definition) is 2. The smallest absolute Gasteiger partial charge is 0.119 e. The van der Waals surface area contributed by atoms with Gasteiger partial charge in [0.1, 0.15) is 11.5 Å². The lowest BCUT2D eigenvalue weighted by Gasteiger charge is -2.36.